The molecule has 2 aromatic carbocycles. The second-order valence-electron chi connectivity index (χ2n) is 12.1. The molecule has 0 amide bonds. The molecule has 0 radical (unpaired) electrons. The number of nitriles is 1. The fourth-order valence-corrected chi connectivity index (χ4v) is 7.11. The number of aromatic nitrogens is 1. The lowest BCUT2D eigenvalue weighted by Crippen LogP contribution is -2.34. The topological polar surface area (TPSA) is 57.5 Å². The van der Waals surface area contributed by atoms with Crippen molar-refractivity contribution in [1.82, 2.24) is 9.47 Å². The lowest BCUT2D eigenvalue weighted by Gasteiger charge is -2.39. The molecule has 6 rings (SSSR count). The Hall–Kier alpha value is -4.04. The Kier molecular flexibility index (Phi) is 5.99. The molecule has 38 heavy (non-hydrogen) atoms. The largest absolute Gasteiger partial charge is 0.467 e. The van der Waals surface area contributed by atoms with Crippen LogP contribution in [0.1, 0.15) is 51.4 Å². The molecule has 3 heterocycles. The average Bonchev–Trinajstić information content (AvgIpc) is 3.58. The van der Waals surface area contributed by atoms with Crippen molar-refractivity contribution in [2.75, 3.05) is 6.54 Å². The molecule has 192 valence electrons. The van der Waals surface area contributed by atoms with E-state index in [1.165, 1.54) is 12.8 Å². The molecule has 0 unspecified atom stereocenters. The minimum Gasteiger partial charge on any atom is -0.467 e. The van der Waals surface area contributed by atoms with Crippen LogP contribution in [0.15, 0.2) is 88.5 Å². The lowest BCUT2D eigenvalue weighted by molar-refractivity contribution is 0.133. The van der Waals surface area contributed by atoms with E-state index in [1.807, 2.05) is 54.9 Å². The molecule has 1 aliphatic heterocycles. The SMILES string of the molecule is CC1(C)C[C@H]2C[C@](C)(CN2C=Nc2c(C#N)c(-c3ccccc3)c(-c3ccccc3)n2Cc2ccco2)C1. The van der Waals surface area contributed by atoms with Gasteiger partial charge in [0.25, 0.3) is 0 Å². The van der Waals surface area contributed by atoms with Crippen LogP contribution in [0.25, 0.3) is 22.4 Å². The molecule has 5 heteroatoms. The standard InChI is InChI=1S/C33H34N4O/c1-32(2)17-26-18-33(3,21-32)22-36(26)23-35-31-28(19-34)29(24-11-6-4-7-12-24)30(25-13-8-5-9-14-25)37(31)20-27-15-10-16-38-27/h4-16,23,26H,17-18,20-22H2,1-3H3/t26-,33-/m0/s1. The summed E-state index contributed by atoms with van der Waals surface area (Å²) in [6.45, 7) is 8.68. The number of fused-ring (bicyclic) bond motifs is 2. The first-order valence-electron chi connectivity index (χ1n) is 13.5. The van der Waals surface area contributed by atoms with E-state index in [1.54, 1.807) is 6.26 Å². The number of benzene rings is 2. The van der Waals surface area contributed by atoms with Gasteiger partial charge in [-0.1, -0.05) is 81.4 Å². The Morgan fingerprint density at radius 3 is 2.34 bits per heavy atom. The summed E-state index contributed by atoms with van der Waals surface area (Å²) < 4.78 is 7.93. The lowest BCUT2D eigenvalue weighted by atomic mass is 9.65. The van der Waals surface area contributed by atoms with Gasteiger partial charge in [0.05, 0.1) is 24.8 Å². The van der Waals surface area contributed by atoms with Crippen LogP contribution < -0.4 is 0 Å². The molecule has 2 bridgehead atoms. The van der Waals surface area contributed by atoms with Crippen LogP contribution in [0.4, 0.5) is 5.82 Å². The van der Waals surface area contributed by atoms with E-state index in [4.69, 9.17) is 9.41 Å². The Balaban J connectivity index is 1.53. The van der Waals surface area contributed by atoms with E-state index in [2.05, 4.69) is 60.6 Å². The molecule has 0 N–H and O–H groups in total. The third-order valence-corrected chi connectivity index (χ3v) is 8.14. The van der Waals surface area contributed by atoms with Crippen LogP contribution in [0.3, 0.4) is 0 Å². The van der Waals surface area contributed by atoms with Gasteiger partial charge in [-0.15, -0.1) is 0 Å². The molecule has 2 aromatic heterocycles. The summed E-state index contributed by atoms with van der Waals surface area (Å²) in [5, 5.41) is 10.5. The molecule has 2 fully saturated rings. The molecule has 0 spiro atoms. The number of likely N-dealkylation sites (tertiary alicyclic amines) is 1. The predicted octanol–water partition coefficient (Wildman–Crippen LogP) is 7.90. The highest BCUT2D eigenvalue weighted by Crippen LogP contribution is 2.52. The van der Waals surface area contributed by atoms with E-state index in [-0.39, 0.29) is 0 Å². The van der Waals surface area contributed by atoms with Gasteiger partial charge in [0, 0.05) is 18.2 Å². The fraction of sp³-hybridized carbons (Fsp3) is 0.333. The van der Waals surface area contributed by atoms with Crippen LogP contribution >= 0.6 is 0 Å². The number of hydrogen-bond acceptors (Lipinski definition) is 3. The molecule has 2 atom stereocenters. The number of hydrogen-bond donors (Lipinski definition) is 0. The molecule has 1 saturated heterocycles. The van der Waals surface area contributed by atoms with Gasteiger partial charge in [0.15, 0.2) is 5.82 Å². The first kappa shape index (κ1) is 24.3. The van der Waals surface area contributed by atoms with Crippen molar-refractivity contribution < 1.29 is 4.42 Å². The Labute approximate surface area is 225 Å². The van der Waals surface area contributed by atoms with Gasteiger partial charge in [0.2, 0.25) is 0 Å². The highest BCUT2D eigenvalue weighted by Gasteiger charge is 2.49. The van der Waals surface area contributed by atoms with E-state index in [0.29, 0.717) is 34.8 Å². The maximum absolute atomic E-state index is 10.5. The van der Waals surface area contributed by atoms with E-state index < -0.39 is 0 Å². The summed E-state index contributed by atoms with van der Waals surface area (Å²) in [6, 6.07) is 27.4. The van der Waals surface area contributed by atoms with Crippen molar-refractivity contribution >= 4 is 12.2 Å². The van der Waals surface area contributed by atoms with E-state index in [9.17, 15) is 5.26 Å². The van der Waals surface area contributed by atoms with E-state index >= 15 is 0 Å². The van der Waals surface area contributed by atoms with Crippen LogP contribution in [-0.4, -0.2) is 28.4 Å². The number of furan rings is 1. The van der Waals surface area contributed by atoms with Gasteiger partial charge in [-0.2, -0.15) is 5.26 Å². The van der Waals surface area contributed by atoms with Gasteiger partial charge in [0.1, 0.15) is 17.4 Å². The van der Waals surface area contributed by atoms with Crippen LogP contribution in [-0.2, 0) is 6.54 Å². The second-order valence-corrected chi connectivity index (χ2v) is 12.1. The number of nitrogens with zero attached hydrogens (tertiary/aromatic N) is 4. The van der Waals surface area contributed by atoms with Crippen molar-refractivity contribution in [1.29, 1.82) is 5.26 Å². The number of rotatable bonds is 6. The predicted molar refractivity (Wildman–Crippen MR) is 152 cm³/mol. The zero-order chi connectivity index (χ0) is 26.3. The first-order chi connectivity index (χ1) is 18.4. The average molecular weight is 503 g/mol. The molecule has 4 aromatic rings. The summed E-state index contributed by atoms with van der Waals surface area (Å²) in [6.07, 6.45) is 7.30. The van der Waals surface area contributed by atoms with Crippen LogP contribution in [0, 0.1) is 22.2 Å². The summed E-state index contributed by atoms with van der Waals surface area (Å²) in [5.74, 6) is 1.50. The maximum Gasteiger partial charge on any atom is 0.153 e. The van der Waals surface area contributed by atoms with Gasteiger partial charge in [-0.05, 0) is 53.4 Å². The summed E-state index contributed by atoms with van der Waals surface area (Å²) in [5.41, 5.74) is 5.16. The molecular weight excluding hydrogens is 468 g/mol. The Morgan fingerprint density at radius 1 is 0.974 bits per heavy atom. The normalized spacial score (nSPS) is 22.2. The van der Waals surface area contributed by atoms with Gasteiger partial charge in [-0.25, -0.2) is 4.99 Å². The minimum atomic E-state index is 0.303. The van der Waals surface area contributed by atoms with Crippen molar-refractivity contribution in [3.05, 3.63) is 90.4 Å². The molecular formula is C33H34N4O. The van der Waals surface area contributed by atoms with Gasteiger partial charge in [-0.3, -0.25) is 0 Å². The van der Waals surface area contributed by atoms with Crippen molar-refractivity contribution in [3.8, 4) is 28.5 Å². The third kappa shape index (κ3) is 4.45. The zero-order valence-electron chi connectivity index (χ0n) is 22.4. The zero-order valence-corrected chi connectivity index (χ0v) is 22.4. The molecule has 1 aliphatic carbocycles. The molecule has 1 saturated carbocycles. The third-order valence-electron chi connectivity index (χ3n) is 8.14. The van der Waals surface area contributed by atoms with Crippen LogP contribution in [0.5, 0.6) is 0 Å². The van der Waals surface area contributed by atoms with Gasteiger partial charge < -0.3 is 13.9 Å². The van der Waals surface area contributed by atoms with Crippen LogP contribution in [0.2, 0.25) is 0 Å². The van der Waals surface area contributed by atoms with Gasteiger partial charge >= 0.3 is 0 Å². The Morgan fingerprint density at radius 2 is 1.68 bits per heavy atom. The van der Waals surface area contributed by atoms with Crippen molar-refractivity contribution in [3.63, 3.8) is 0 Å². The Bertz CT molecular complexity index is 1490. The monoisotopic (exact) mass is 502 g/mol. The minimum absolute atomic E-state index is 0.303. The summed E-state index contributed by atoms with van der Waals surface area (Å²) in [7, 11) is 0. The highest BCUT2D eigenvalue weighted by molar-refractivity contribution is 5.91. The highest BCUT2D eigenvalue weighted by atomic mass is 16.3. The second kappa shape index (κ2) is 9.36. The molecule has 5 nitrogen and oxygen atoms in total. The fourth-order valence-electron chi connectivity index (χ4n) is 7.11. The van der Waals surface area contributed by atoms with E-state index in [0.717, 1.165) is 41.1 Å². The number of aliphatic imine (C=N–C) groups is 1. The summed E-state index contributed by atoms with van der Waals surface area (Å²) in [4.78, 5) is 7.53. The van der Waals surface area contributed by atoms with Crippen molar-refractivity contribution in [2.45, 2.75) is 52.6 Å². The maximum atomic E-state index is 10.5. The quantitative estimate of drug-likeness (QED) is 0.199. The molecule has 2 aliphatic rings. The van der Waals surface area contributed by atoms with Crippen molar-refractivity contribution in [2.24, 2.45) is 15.8 Å². The smallest absolute Gasteiger partial charge is 0.153 e. The summed E-state index contributed by atoms with van der Waals surface area (Å²) >= 11 is 0. The first-order valence-corrected chi connectivity index (χ1v) is 13.5.